The fourth-order valence-corrected chi connectivity index (χ4v) is 5.46. The van der Waals surface area contributed by atoms with Gasteiger partial charge in [0.2, 0.25) is 0 Å². The molecule has 2 heterocycles. The molecule has 2 aromatic rings. The highest BCUT2D eigenvalue weighted by Crippen LogP contribution is 2.46. The third kappa shape index (κ3) is 2.53. The Bertz CT molecular complexity index is 779. The van der Waals surface area contributed by atoms with Crippen LogP contribution in [0.1, 0.15) is 10.9 Å². The van der Waals surface area contributed by atoms with Crippen molar-refractivity contribution in [3.05, 3.63) is 60.2 Å². The minimum Gasteiger partial charge on any atom is -0.319 e. The molecule has 0 aliphatic carbocycles. The van der Waals surface area contributed by atoms with Gasteiger partial charge < -0.3 is 4.90 Å². The molecule has 0 radical (unpaired) electrons. The SMILES string of the molecule is CSc1ccc(C2SC[C@@H]3C(=O)N(c4ccccc4)C(=S)N23)cc1. The normalized spacial score (nSPS) is 23.0. The first-order valence-corrected chi connectivity index (χ1v) is 10.4. The minimum atomic E-state index is -0.159. The van der Waals surface area contributed by atoms with Crippen LogP contribution in [0.4, 0.5) is 5.69 Å². The first kappa shape index (κ1) is 16.0. The van der Waals surface area contributed by atoms with Gasteiger partial charge in [-0.2, -0.15) is 0 Å². The second-order valence-corrected chi connectivity index (χ2v) is 8.03. The predicted molar refractivity (Wildman–Crippen MR) is 106 cm³/mol. The maximum Gasteiger partial charge on any atom is 0.257 e. The van der Waals surface area contributed by atoms with Gasteiger partial charge in [0.15, 0.2) is 5.11 Å². The van der Waals surface area contributed by atoms with E-state index < -0.39 is 0 Å². The predicted octanol–water partition coefficient (Wildman–Crippen LogP) is 4.16. The standard InChI is InChI=1S/C18H16N2OS3/c1-23-14-9-7-12(8-10-14)17-20-15(11-24-17)16(21)19(18(20)22)13-5-3-2-4-6-13/h2-10,15,17H,11H2,1H3/t15-,17?/m1/s1. The second kappa shape index (κ2) is 6.43. The number of nitrogens with zero attached hydrogens (tertiary/aromatic N) is 2. The molecule has 1 amide bonds. The number of thiocarbonyl (C=S) groups is 1. The molecule has 2 saturated heterocycles. The molecule has 2 aromatic carbocycles. The Balaban J connectivity index is 1.65. The van der Waals surface area contributed by atoms with Crippen molar-refractivity contribution >= 4 is 52.4 Å². The average molecular weight is 373 g/mol. The summed E-state index contributed by atoms with van der Waals surface area (Å²) in [7, 11) is 0. The van der Waals surface area contributed by atoms with Gasteiger partial charge in [-0.3, -0.25) is 9.69 Å². The van der Waals surface area contributed by atoms with Crippen LogP contribution in [0.2, 0.25) is 0 Å². The van der Waals surface area contributed by atoms with Crippen LogP contribution in [0.15, 0.2) is 59.5 Å². The summed E-state index contributed by atoms with van der Waals surface area (Å²) in [6, 6.07) is 18.1. The van der Waals surface area contributed by atoms with E-state index >= 15 is 0 Å². The van der Waals surface area contributed by atoms with E-state index in [1.54, 1.807) is 28.4 Å². The van der Waals surface area contributed by atoms with Gasteiger partial charge >= 0.3 is 0 Å². The quantitative estimate of drug-likeness (QED) is 0.595. The lowest BCUT2D eigenvalue weighted by atomic mass is 10.2. The first-order valence-electron chi connectivity index (χ1n) is 7.67. The van der Waals surface area contributed by atoms with Gasteiger partial charge in [-0.1, -0.05) is 30.3 Å². The molecule has 24 heavy (non-hydrogen) atoms. The van der Waals surface area contributed by atoms with E-state index in [1.165, 1.54) is 10.5 Å². The molecule has 0 N–H and O–H groups in total. The molecule has 0 saturated carbocycles. The van der Waals surface area contributed by atoms with Crippen molar-refractivity contribution < 1.29 is 4.79 Å². The van der Waals surface area contributed by atoms with E-state index in [2.05, 4.69) is 35.4 Å². The van der Waals surface area contributed by atoms with Gasteiger partial charge in [0.05, 0.1) is 5.69 Å². The Labute approximate surface area is 155 Å². The fourth-order valence-electron chi connectivity index (χ4n) is 3.13. The van der Waals surface area contributed by atoms with E-state index in [4.69, 9.17) is 12.2 Å². The zero-order valence-electron chi connectivity index (χ0n) is 13.1. The van der Waals surface area contributed by atoms with E-state index in [-0.39, 0.29) is 17.3 Å². The molecule has 0 spiro atoms. The first-order chi connectivity index (χ1) is 11.7. The number of hydrogen-bond acceptors (Lipinski definition) is 4. The summed E-state index contributed by atoms with van der Waals surface area (Å²) < 4.78 is 0. The van der Waals surface area contributed by atoms with Crippen LogP contribution in [0, 0.1) is 0 Å². The Morgan fingerprint density at radius 1 is 1.12 bits per heavy atom. The van der Waals surface area contributed by atoms with Gasteiger partial charge in [-0.25, -0.2) is 0 Å². The molecular formula is C18H16N2OS3. The number of carbonyl (C=O) groups excluding carboxylic acids is 1. The summed E-state index contributed by atoms with van der Waals surface area (Å²) in [5, 5.41) is 0.719. The van der Waals surface area contributed by atoms with Crippen LogP contribution in [-0.4, -0.2) is 34.0 Å². The molecule has 2 atom stereocenters. The molecule has 2 aliphatic heterocycles. The fraction of sp³-hybridized carbons (Fsp3) is 0.222. The second-order valence-electron chi connectivity index (χ2n) is 5.67. The highest BCUT2D eigenvalue weighted by Gasteiger charge is 2.50. The van der Waals surface area contributed by atoms with Crippen molar-refractivity contribution in [1.82, 2.24) is 4.90 Å². The molecule has 1 unspecified atom stereocenters. The van der Waals surface area contributed by atoms with Crippen molar-refractivity contribution in [2.75, 3.05) is 16.9 Å². The van der Waals surface area contributed by atoms with Gasteiger partial charge in [-0.15, -0.1) is 23.5 Å². The Morgan fingerprint density at radius 3 is 2.50 bits per heavy atom. The highest BCUT2D eigenvalue weighted by atomic mass is 32.2. The van der Waals surface area contributed by atoms with Crippen LogP contribution < -0.4 is 4.90 Å². The number of para-hydroxylation sites is 1. The zero-order chi connectivity index (χ0) is 16.7. The number of benzene rings is 2. The molecule has 6 heteroatoms. The number of rotatable bonds is 3. The molecule has 122 valence electrons. The smallest absolute Gasteiger partial charge is 0.257 e. The maximum absolute atomic E-state index is 12.9. The lowest BCUT2D eigenvalue weighted by Gasteiger charge is -2.25. The topological polar surface area (TPSA) is 23.6 Å². The summed E-state index contributed by atoms with van der Waals surface area (Å²) in [5.41, 5.74) is 2.05. The lowest BCUT2D eigenvalue weighted by molar-refractivity contribution is -0.119. The van der Waals surface area contributed by atoms with E-state index in [0.717, 1.165) is 11.4 Å². The number of amides is 1. The summed E-state index contributed by atoms with van der Waals surface area (Å²) in [4.78, 5) is 17.9. The van der Waals surface area contributed by atoms with Crippen molar-refractivity contribution in [2.24, 2.45) is 0 Å². The van der Waals surface area contributed by atoms with Crippen molar-refractivity contribution in [3.8, 4) is 0 Å². The van der Waals surface area contributed by atoms with Crippen LogP contribution in [0.5, 0.6) is 0 Å². The molecule has 4 rings (SSSR count). The third-order valence-electron chi connectivity index (χ3n) is 4.33. The summed E-state index contributed by atoms with van der Waals surface area (Å²) in [5.74, 6) is 0.860. The number of hydrogen-bond donors (Lipinski definition) is 0. The molecule has 2 aliphatic rings. The van der Waals surface area contributed by atoms with Gasteiger partial charge in [-0.05, 0) is 48.3 Å². The average Bonchev–Trinajstić information content (AvgIpc) is 3.17. The minimum absolute atomic E-state index is 0.0851. The molecule has 2 fully saturated rings. The van der Waals surface area contributed by atoms with Crippen LogP contribution in [0.25, 0.3) is 0 Å². The van der Waals surface area contributed by atoms with Crippen LogP contribution in [-0.2, 0) is 4.79 Å². The van der Waals surface area contributed by atoms with Crippen molar-refractivity contribution in [3.63, 3.8) is 0 Å². The summed E-state index contributed by atoms with van der Waals surface area (Å²) in [6.45, 7) is 0. The van der Waals surface area contributed by atoms with E-state index in [9.17, 15) is 4.79 Å². The molecule has 0 bridgehead atoms. The van der Waals surface area contributed by atoms with Gasteiger partial charge in [0, 0.05) is 10.6 Å². The Hall–Kier alpha value is -1.50. The third-order valence-corrected chi connectivity index (χ3v) is 6.79. The Morgan fingerprint density at radius 2 is 1.83 bits per heavy atom. The number of carbonyl (C=O) groups is 1. The number of thioether (sulfide) groups is 2. The van der Waals surface area contributed by atoms with E-state index in [0.29, 0.717) is 5.11 Å². The monoisotopic (exact) mass is 372 g/mol. The molecular weight excluding hydrogens is 356 g/mol. The highest BCUT2D eigenvalue weighted by molar-refractivity contribution is 8.00. The van der Waals surface area contributed by atoms with Crippen molar-refractivity contribution in [2.45, 2.75) is 16.3 Å². The van der Waals surface area contributed by atoms with Crippen molar-refractivity contribution in [1.29, 1.82) is 0 Å². The molecule has 3 nitrogen and oxygen atoms in total. The van der Waals surface area contributed by atoms with E-state index in [1.807, 2.05) is 30.3 Å². The summed E-state index contributed by atoms with van der Waals surface area (Å²) in [6.07, 6.45) is 2.07. The van der Waals surface area contributed by atoms with Gasteiger partial charge in [0.1, 0.15) is 11.4 Å². The molecule has 0 aromatic heterocycles. The maximum atomic E-state index is 12.9. The van der Waals surface area contributed by atoms with Gasteiger partial charge in [0.25, 0.3) is 5.91 Å². The zero-order valence-corrected chi connectivity index (χ0v) is 15.5. The largest absolute Gasteiger partial charge is 0.319 e. The summed E-state index contributed by atoms with van der Waals surface area (Å²) >= 11 is 9.20. The Kier molecular flexibility index (Phi) is 4.28. The number of fused-ring (bicyclic) bond motifs is 1. The lowest BCUT2D eigenvalue weighted by Crippen LogP contribution is -2.33. The van der Waals surface area contributed by atoms with Crippen LogP contribution >= 0.6 is 35.7 Å². The number of anilines is 1. The van der Waals surface area contributed by atoms with Crippen LogP contribution in [0.3, 0.4) is 0 Å².